The molecule has 2 saturated heterocycles. The van der Waals surface area contributed by atoms with E-state index in [-0.39, 0.29) is 11.8 Å². The third-order valence-electron chi connectivity index (χ3n) is 6.17. The number of carbonyl (C=O) groups is 2. The van der Waals surface area contributed by atoms with Crippen molar-refractivity contribution in [3.05, 3.63) is 42.0 Å². The lowest BCUT2D eigenvalue weighted by Crippen LogP contribution is -2.60. The predicted molar refractivity (Wildman–Crippen MR) is 115 cm³/mol. The van der Waals surface area contributed by atoms with E-state index in [0.29, 0.717) is 63.9 Å². The topological polar surface area (TPSA) is 89.1 Å². The normalized spacial score (nSPS) is 31.5. The number of hydrogen-bond acceptors (Lipinski definition) is 6. The zero-order valence-corrected chi connectivity index (χ0v) is 18.0. The maximum Gasteiger partial charge on any atom is 0.255 e. The summed E-state index contributed by atoms with van der Waals surface area (Å²) < 4.78 is 17.7. The molecule has 2 N–H and O–H groups in total. The highest BCUT2D eigenvalue weighted by Gasteiger charge is 2.46. The Morgan fingerprint density at radius 2 is 1.94 bits per heavy atom. The fourth-order valence-electron chi connectivity index (χ4n) is 4.40. The summed E-state index contributed by atoms with van der Waals surface area (Å²) in [6, 6.07) is 7.17. The third-order valence-corrected chi connectivity index (χ3v) is 6.17. The second-order valence-electron chi connectivity index (χ2n) is 8.71. The number of carbonyl (C=O) groups excluding carboxylic acids is 2. The van der Waals surface area contributed by atoms with E-state index < -0.39 is 11.0 Å². The van der Waals surface area contributed by atoms with Gasteiger partial charge in [-0.1, -0.05) is 18.2 Å². The molecule has 3 aliphatic rings. The highest BCUT2D eigenvalue weighted by atomic mass is 16.5. The van der Waals surface area contributed by atoms with Crippen LogP contribution < -0.4 is 15.4 Å². The maximum absolute atomic E-state index is 13.5. The first-order valence-corrected chi connectivity index (χ1v) is 10.9. The van der Waals surface area contributed by atoms with Crippen molar-refractivity contribution in [1.82, 2.24) is 15.5 Å². The Morgan fingerprint density at radius 1 is 1.10 bits per heavy atom. The largest absolute Gasteiger partial charge is 0.489 e. The van der Waals surface area contributed by atoms with Gasteiger partial charge in [-0.05, 0) is 38.1 Å². The monoisotopic (exact) mass is 429 g/mol. The molecule has 8 nitrogen and oxygen atoms in total. The van der Waals surface area contributed by atoms with Gasteiger partial charge in [0, 0.05) is 19.6 Å². The lowest BCUT2D eigenvalue weighted by Gasteiger charge is -2.43. The number of rotatable bonds is 0. The van der Waals surface area contributed by atoms with Crippen LogP contribution in [0.4, 0.5) is 0 Å². The molecule has 0 radical (unpaired) electrons. The molecule has 8 heteroatoms. The first kappa shape index (κ1) is 21.8. The van der Waals surface area contributed by atoms with Crippen molar-refractivity contribution in [3.8, 4) is 5.75 Å². The van der Waals surface area contributed by atoms with E-state index in [4.69, 9.17) is 14.2 Å². The molecule has 3 heterocycles. The molecule has 0 aromatic heterocycles. The van der Waals surface area contributed by atoms with Gasteiger partial charge in [-0.15, -0.1) is 0 Å². The van der Waals surface area contributed by atoms with E-state index in [2.05, 4.69) is 10.6 Å². The van der Waals surface area contributed by atoms with Gasteiger partial charge in [0.05, 0.1) is 37.3 Å². The molecule has 2 fully saturated rings. The average molecular weight is 430 g/mol. The van der Waals surface area contributed by atoms with E-state index in [0.717, 1.165) is 13.0 Å². The molecule has 2 amide bonds. The smallest absolute Gasteiger partial charge is 0.255 e. The van der Waals surface area contributed by atoms with Crippen LogP contribution in [0, 0.1) is 5.41 Å². The number of hydrogen-bond donors (Lipinski definition) is 2. The van der Waals surface area contributed by atoms with Crippen LogP contribution in [-0.2, 0) is 14.3 Å². The number of morpholine rings is 1. The SMILES string of the molecule is CC12CNC(=O)c3ccccc3OC/C=C/COCC3(CCNC3)C(=O)N(CCO1)C2. The van der Waals surface area contributed by atoms with Crippen LogP contribution >= 0.6 is 0 Å². The molecule has 4 rings (SSSR count). The number of fused-ring (bicyclic) bond motifs is 3. The van der Waals surface area contributed by atoms with E-state index >= 15 is 0 Å². The lowest BCUT2D eigenvalue weighted by molar-refractivity contribution is -0.159. The first-order chi connectivity index (χ1) is 15.0. The standard InChI is InChI=1S/C23H31N3O5/c1-22-14-25-20(27)18-6-2-3-7-19(18)30-12-5-4-11-29-17-23(8-9-24-15-23)21(28)26(16-22)10-13-31-22/h2-7,24H,8-17H2,1H3,(H,25,27)/b5-4+. The molecule has 1 spiro atoms. The summed E-state index contributed by atoms with van der Waals surface area (Å²) in [6.07, 6.45) is 4.49. The van der Waals surface area contributed by atoms with Gasteiger partial charge in [-0.25, -0.2) is 0 Å². The van der Waals surface area contributed by atoms with Crippen LogP contribution in [0.3, 0.4) is 0 Å². The van der Waals surface area contributed by atoms with Crippen LogP contribution in [0.5, 0.6) is 5.75 Å². The number of amides is 2. The Morgan fingerprint density at radius 3 is 2.77 bits per heavy atom. The van der Waals surface area contributed by atoms with Crippen LogP contribution in [0.15, 0.2) is 36.4 Å². The van der Waals surface area contributed by atoms with Gasteiger partial charge in [0.2, 0.25) is 5.91 Å². The Labute approximate surface area is 182 Å². The van der Waals surface area contributed by atoms with Gasteiger partial charge in [0.1, 0.15) is 18.0 Å². The summed E-state index contributed by atoms with van der Waals surface area (Å²) in [5.41, 5.74) is -0.751. The molecule has 0 aliphatic carbocycles. The minimum Gasteiger partial charge on any atom is -0.489 e. The van der Waals surface area contributed by atoms with Crippen molar-refractivity contribution in [2.24, 2.45) is 5.41 Å². The molecule has 1 aromatic carbocycles. The highest BCUT2D eigenvalue weighted by molar-refractivity contribution is 5.97. The van der Waals surface area contributed by atoms with Gasteiger partial charge in [-0.3, -0.25) is 9.59 Å². The number of nitrogens with one attached hydrogen (secondary N) is 2. The van der Waals surface area contributed by atoms with Crippen LogP contribution in [0.25, 0.3) is 0 Å². The predicted octanol–water partition coefficient (Wildman–Crippen LogP) is 0.979. The highest BCUT2D eigenvalue weighted by Crippen LogP contribution is 2.31. The molecular weight excluding hydrogens is 398 g/mol. The number of benzene rings is 1. The number of nitrogens with zero attached hydrogens (tertiary/aromatic N) is 1. The second-order valence-corrected chi connectivity index (χ2v) is 8.71. The van der Waals surface area contributed by atoms with Crippen molar-refractivity contribution in [3.63, 3.8) is 0 Å². The molecule has 3 aliphatic heterocycles. The van der Waals surface area contributed by atoms with Crippen molar-refractivity contribution in [1.29, 1.82) is 0 Å². The average Bonchev–Trinajstić information content (AvgIpc) is 3.26. The van der Waals surface area contributed by atoms with Crippen molar-refractivity contribution in [2.45, 2.75) is 18.9 Å². The molecule has 2 atom stereocenters. The summed E-state index contributed by atoms with van der Waals surface area (Å²) in [6.45, 7) is 6.15. The zero-order chi connectivity index (χ0) is 21.7. The third kappa shape index (κ3) is 4.92. The molecular formula is C23H31N3O5. The lowest BCUT2D eigenvalue weighted by atomic mass is 9.85. The van der Waals surface area contributed by atoms with Crippen LogP contribution in [0.2, 0.25) is 0 Å². The summed E-state index contributed by atoms with van der Waals surface area (Å²) in [7, 11) is 0. The van der Waals surface area contributed by atoms with Crippen molar-refractivity contribution >= 4 is 11.8 Å². The van der Waals surface area contributed by atoms with Crippen molar-refractivity contribution < 1.29 is 23.8 Å². The fraction of sp³-hybridized carbons (Fsp3) is 0.565. The minimum absolute atomic E-state index is 0.0975. The maximum atomic E-state index is 13.5. The second kappa shape index (κ2) is 9.38. The summed E-state index contributed by atoms with van der Waals surface area (Å²) >= 11 is 0. The van der Waals surface area contributed by atoms with Gasteiger partial charge in [-0.2, -0.15) is 0 Å². The van der Waals surface area contributed by atoms with E-state index in [1.165, 1.54) is 0 Å². The first-order valence-electron chi connectivity index (χ1n) is 10.9. The van der Waals surface area contributed by atoms with Gasteiger partial charge in [0.15, 0.2) is 0 Å². The van der Waals surface area contributed by atoms with E-state index in [1.807, 2.05) is 36.1 Å². The Kier molecular flexibility index (Phi) is 6.60. The van der Waals surface area contributed by atoms with Gasteiger partial charge >= 0.3 is 0 Å². The number of para-hydroxylation sites is 1. The Hall–Kier alpha value is -2.42. The molecule has 168 valence electrons. The summed E-state index contributed by atoms with van der Waals surface area (Å²) in [4.78, 5) is 28.2. The van der Waals surface area contributed by atoms with E-state index in [1.54, 1.807) is 12.1 Å². The molecule has 2 unspecified atom stereocenters. The van der Waals surface area contributed by atoms with Gasteiger partial charge < -0.3 is 29.7 Å². The van der Waals surface area contributed by atoms with Crippen LogP contribution in [0.1, 0.15) is 23.7 Å². The number of ether oxygens (including phenoxy) is 3. The summed E-state index contributed by atoms with van der Waals surface area (Å²) in [5, 5.41) is 6.29. The molecule has 2 bridgehead atoms. The Balaban J connectivity index is 1.57. The quantitative estimate of drug-likeness (QED) is 0.598. The van der Waals surface area contributed by atoms with Crippen LogP contribution in [-0.4, -0.2) is 81.5 Å². The molecule has 31 heavy (non-hydrogen) atoms. The molecule has 0 saturated carbocycles. The minimum atomic E-state index is -0.664. The van der Waals surface area contributed by atoms with E-state index in [9.17, 15) is 9.59 Å². The Bertz CT molecular complexity index is 836. The van der Waals surface area contributed by atoms with Crippen molar-refractivity contribution in [2.75, 3.05) is 59.2 Å². The van der Waals surface area contributed by atoms with Gasteiger partial charge in [0.25, 0.3) is 5.91 Å². The fourth-order valence-corrected chi connectivity index (χ4v) is 4.40. The zero-order valence-electron chi connectivity index (χ0n) is 18.0. The molecule has 1 aromatic rings. The summed E-state index contributed by atoms with van der Waals surface area (Å²) in [5.74, 6) is 0.398.